The number of nitrogens with zero attached hydrogens (tertiary/aromatic N) is 2. The topological polar surface area (TPSA) is 45.9 Å². The van der Waals surface area contributed by atoms with E-state index in [2.05, 4.69) is 4.98 Å². The van der Waals surface area contributed by atoms with Crippen LogP contribution in [0.15, 0.2) is 36.5 Å². The summed E-state index contributed by atoms with van der Waals surface area (Å²) in [6, 6.07) is 8.00. The van der Waals surface area contributed by atoms with Crippen LogP contribution < -0.4 is 4.74 Å². The first-order valence-electron chi connectivity index (χ1n) is 5.62. The van der Waals surface area contributed by atoms with Crippen LogP contribution in [0.5, 0.6) is 11.5 Å². The summed E-state index contributed by atoms with van der Waals surface area (Å²) in [5, 5.41) is 8.69. The van der Waals surface area contributed by atoms with Crippen molar-refractivity contribution in [2.75, 3.05) is 0 Å². The van der Waals surface area contributed by atoms with Gasteiger partial charge < -0.3 is 4.74 Å². The normalized spacial score (nSPS) is 10.9. The SMILES string of the molecule is Cc1ccc(Oc2ccc(C#N)c(C(F)(F)F)c2)cn1. The summed E-state index contributed by atoms with van der Waals surface area (Å²) in [6.07, 6.45) is -3.18. The summed E-state index contributed by atoms with van der Waals surface area (Å²) in [7, 11) is 0. The fourth-order valence-electron chi connectivity index (χ4n) is 1.57. The number of hydrogen-bond donors (Lipinski definition) is 0. The van der Waals surface area contributed by atoms with Crippen molar-refractivity contribution < 1.29 is 17.9 Å². The molecular weight excluding hydrogens is 269 g/mol. The van der Waals surface area contributed by atoms with E-state index in [1.807, 2.05) is 0 Å². The molecule has 0 aliphatic carbocycles. The lowest BCUT2D eigenvalue weighted by Gasteiger charge is -2.11. The van der Waals surface area contributed by atoms with Crippen molar-refractivity contribution in [2.45, 2.75) is 13.1 Å². The molecule has 6 heteroatoms. The predicted octanol–water partition coefficient (Wildman–Crippen LogP) is 4.07. The second kappa shape index (κ2) is 5.21. The predicted molar refractivity (Wildman–Crippen MR) is 65.2 cm³/mol. The highest BCUT2D eigenvalue weighted by Crippen LogP contribution is 2.35. The van der Waals surface area contributed by atoms with Crippen molar-refractivity contribution in [2.24, 2.45) is 0 Å². The van der Waals surface area contributed by atoms with Crippen molar-refractivity contribution in [1.29, 1.82) is 5.26 Å². The van der Waals surface area contributed by atoms with Crippen molar-refractivity contribution in [3.63, 3.8) is 0 Å². The summed E-state index contributed by atoms with van der Waals surface area (Å²) in [5.74, 6) is 0.329. The first-order valence-corrected chi connectivity index (χ1v) is 5.62. The molecule has 2 rings (SSSR count). The van der Waals surface area contributed by atoms with E-state index in [0.29, 0.717) is 5.75 Å². The Balaban J connectivity index is 2.34. The van der Waals surface area contributed by atoms with Crippen LogP contribution in [0, 0.1) is 18.3 Å². The van der Waals surface area contributed by atoms with Gasteiger partial charge in [0.05, 0.1) is 23.4 Å². The molecule has 1 aromatic heterocycles. The number of rotatable bonds is 2. The van der Waals surface area contributed by atoms with E-state index in [9.17, 15) is 13.2 Å². The molecule has 0 radical (unpaired) electrons. The van der Waals surface area contributed by atoms with Crippen LogP contribution in [-0.2, 0) is 6.18 Å². The lowest BCUT2D eigenvalue weighted by atomic mass is 10.1. The van der Waals surface area contributed by atoms with Gasteiger partial charge in [-0.1, -0.05) is 0 Å². The quantitative estimate of drug-likeness (QED) is 0.831. The number of nitriles is 1. The van der Waals surface area contributed by atoms with Crippen molar-refractivity contribution in [1.82, 2.24) is 4.98 Å². The fraction of sp³-hybridized carbons (Fsp3) is 0.143. The molecule has 0 amide bonds. The van der Waals surface area contributed by atoms with Gasteiger partial charge >= 0.3 is 6.18 Å². The van der Waals surface area contributed by atoms with Gasteiger partial charge in [-0.3, -0.25) is 4.98 Å². The molecule has 2 aromatic rings. The Morgan fingerprint density at radius 2 is 1.85 bits per heavy atom. The highest BCUT2D eigenvalue weighted by Gasteiger charge is 2.34. The Hall–Kier alpha value is -2.55. The van der Waals surface area contributed by atoms with E-state index in [-0.39, 0.29) is 5.75 Å². The van der Waals surface area contributed by atoms with Crippen LogP contribution >= 0.6 is 0 Å². The number of pyridine rings is 1. The van der Waals surface area contributed by atoms with Crippen molar-refractivity contribution in [3.05, 3.63) is 53.3 Å². The first-order chi connectivity index (χ1) is 9.40. The van der Waals surface area contributed by atoms with E-state index in [1.165, 1.54) is 18.3 Å². The van der Waals surface area contributed by atoms with Crippen LogP contribution in [0.4, 0.5) is 13.2 Å². The van der Waals surface area contributed by atoms with Gasteiger partial charge in [-0.25, -0.2) is 0 Å². The second-order valence-corrected chi connectivity index (χ2v) is 4.05. The van der Waals surface area contributed by atoms with E-state index in [0.717, 1.165) is 17.8 Å². The van der Waals surface area contributed by atoms with Gasteiger partial charge in [0, 0.05) is 5.69 Å². The zero-order chi connectivity index (χ0) is 14.8. The Morgan fingerprint density at radius 3 is 2.40 bits per heavy atom. The van der Waals surface area contributed by atoms with E-state index in [4.69, 9.17) is 10.00 Å². The van der Waals surface area contributed by atoms with Crippen LogP contribution in [0.2, 0.25) is 0 Å². The zero-order valence-electron chi connectivity index (χ0n) is 10.4. The lowest BCUT2D eigenvalue weighted by molar-refractivity contribution is -0.137. The minimum Gasteiger partial charge on any atom is -0.456 e. The molecule has 0 saturated heterocycles. The molecule has 3 nitrogen and oxygen atoms in total. The molecule has 1 heterocycles. The van der Waals surface area contributed by atoms with Gasteiger partial charge in [-0.2, -0.15) is 18.4 Å². The number of benzene rings is 1. The number of alkyl halides is 3. The van der Waals surface area contributed by atoms with E-state index in [1.54, 1.807) is 19.1 Å². The third-order valence-corrected chi connectivity index (χ3v) is 2.54. The van der Waals surface area contributed by atoms with Gasteiger partial charge in [0.15, 0.2) is 0 Å². The summed E-state index contributed by atoms with van der Waals surface area (Å²) >= 11 is 0. The molecule has 0 unspecified atom stereocenters. The molecule has 0 atom stereocenters. The monoisotopic (exact) mass is 278 g/mol. The van der Waals surface area contributed by atoms with Crippen LogP contribution in [0.3, 0.4) is 0 Å². The smallest absolute Gasteiger partial charge is 0.417 e. The van der Waals surface area contributed by atoms with Crippen molar-refractivity contribution in [3.8, 4) is 17.6 Å². The third kappa shape index (κ3) is 3.06. The number of hydrogen-bond acceptors (Lipinski definition) is 3. The van der Waals surface area contributed by atoms with E-state index < -0.39 is 17.3 Å². The molecule has 0 spiro atoms. The van der Waals surface area contributed by atoms with E-state index >= 15 is 0 Å². The number of aromatic nitrogens is 1. The Bertz CT molecular complexity index is 658. The lowest BCUT2D eigenvalue weighted by Crippen LogP contribution is -2.07. The van der Waals surface area contributed by atoms with Gasteiger partial charge in [-0.15, -0.1) is 0 Å². The maximum atomic E-state index is 12.8. The molecule has 1 aromatic carbocycles. The average Bonchev–Trinajstić information content (AvgIpc) is 2.40. The van der Waals surface area contributed by atoms with Crippen LogP contribution in [0.1, 0.15) is 16.8 Å². The first kappa shape index (κ1) is 13.9. The van der Waals surface area contributed by atoms with Gasteiger partial charge in [0.2, 0.25) is 0 Å². The average molecular weight is 278 g/mol. The highest BCUT2D eigenvalue weighted by molar-refractivity contribution is 5.45. The highest BCUT2D eigenvalue weighted by atomic mass is 19.4. The molecule has 0 aliphatic heterocycles. The summed E-state index contributed by atoms with van der Waals surface area (Å²) in [4.78, 5) is 3.98. The summed E-state index contributed by atoms with van der Waals surface area (Å²) < 4.78 is 43.7. The largest absolute Gasteiger partial charge is 0.456 e. The Labute approximate surface area is 113 Å². The van der Waals surface area contributed by atoms with Crippen LogP contribution in [0.25, 0.3) is 0 Å². The van der Waals surface area contributed by atoms with Gasteiger partial charge in [-0.05, 0) is 37.3 Å². The molecule has 0 aliphatic rings. The minimum atomic E-state index is -4.60. The second-order valence-electron chi connectivity index (χ2n) is 4.05. The molecular formula is C14H9F3N2O. The molecule has 0 saturated carbocycles. The van der Waals surface area contributed by atoms with Gasteiger partial charge in [0.25, 0.3) is 0 Å². The Kier molecular flexibility index (Phi) is 3.61. The maximum absolute atomic E-state index is 12.8. The summed E-state index contributed by atoms with van der Waals surface area (Å²) in [5.41, 5.74) is -0.683. The van der Waals surface area contributed by atoms with Gasteiger partial charge in [0.1, 0.15) is 11.5 Å². The van der Waals surface area contributed by atoms with Crippen LogP contribution in [-0.4, -0.2) is 4.98 Å². The molecule has 0 fully saturated rings. The Morgan fingerprint density at radius 1 is 1.15 bits per heavy atom. The molecule has 0 bridgehead atoms. The summed E-state index contributed by atoms with van der Waals surface area (Å²) in [6.45, 7) is 1.78. The molecule has 102 valence electrons. The fourth-order valence-corrected chi connectivity index (χ4v) is 1.57. The number of halogens is 3. The number of ether oxygens (including phenoxy) is 1. The van der Waals surface area contributed by atoms with Crippen molar-refractivity contribution >= 4 is 0 Å². The molecule has 20 heavy (non-hydrogen) atoms. The third-order valence-electron chi connectivity index (χ3n) is 2.54. The maximum Gasteiger partial charge on any atom is 0.417 e. The standard InChI is InChI=1S/C14H9F3N2O/c1-9-2-4-12(8-19-9)20-11-5-3-10(7-18)13(6-11)14(15,16)17/h2-6,8H,1H3. The number of aryl methyl sites for hydroxylation is 1. The molecule has 0 N–H and O–H groups in total. The zero-order valence-corrected chi connectivity index (χ0v) is 10.4. The minimum absolute atomic E-state index is 0.00183.